The van der Waals surface area contributed by atoms with Gasteiger partial charge in [0, 0.05) is 22.8 Å². The third-order valence-corrected chi connectivity index (χ3v) is 3.51. The molecule has 0 atom stereocenters. The first-order valence-corrected chi connectivity index (χ1v) is 7.21. The summed E-state index contributed by atoms with van der Waals surface area (Å²) in [7, 11) is 0. The predicted octanol–water partition coefficient (Wildman–Crippen LogP) is 1.52. The summed E-state index contributed by atoms with van der Waals surface area (Å²) < 4.78 is 0. The summed E-state index contributed by atoms with van der Waals surface area (Å²) in [4.78, 5) is 43.2. The summed E-state index contributed by atoms with van der Waals surface area (Å²) in [5, 5.41) is 0.659. The van der Waals surface area contributed by atoms with Gasteiger partial charge >= 0.3 is 5.91 Å². The molecule has 0 bridgehead atoms. The first-order chi connectivity index (χ1) is 11.6. The van der Waals surface area contributed by atoms with Crippen molar-refractivity contribution in [2.24, 2.45) is 0 Å². The van der Waals surface area contributed by atoms with Gasteiger partial charge in [0.25, 0.3) is 11.7 Å². The van der Waals surface area contributed by atoms with Crippen LogP contribution in [-0.2, 0) is 4.79 Å². The second kappa shape index (κ2) is 6.33. The Bertz CT molecular complexity index is 931. The van der Waals surface area contributed by atoms with Crippen molar-refractivity contribution in [2.75, 3.05) is 0 Å². The third kappa shape index (κ3) is 2.87. The van der Waals surface area contributed by atoms with Gasteiger partial charge in [0.2, 0.25) is 0 Å². The fourth-order valence-electron chi connectivity index (χ4n) is 2.41. The van der Waals surface area contributed by atoms with Crippen molar-refractivity contribution < 1.29 is 14.4 Å². The summed E-state index contributed by atoms with van der Waals surface area (Å²) >= 11 is 0. The number of hydrazine groups is 1. The lowest BCUT2D eigenvalue weighted by Gasteiger charge is -2.06. The molecule has 0 radical (unpaired) electrons. The number of nitrogens with zero attached hydrogens (tertiary/aromatic N) is 1. The summed E-state index contributed by atoms with van der Waals surface area (Å²) in [5.41, 5.74) is 6.07. The molecule has 7 nitrogen and oxygen atoms in total. The lowest BCUT2D eigenvalue weighted by Crippen LogP contribution is -2.45. The first-order valence-electron chi connectivity index (χ1n) is 7.21. The number of aryl methyl sites for hydroxylation is 1. The highest BCUT2D eigenvalue weighted by atomic mass is 16.2. The third-order valence-electron chi connectivity index (χ3n) is 3.51. The van der Waals surface area contributed by atoms with Gasteiger partial charge in [0.15, 0.2) is 0 Å². The molecule has 3 aromatic rings. The zero-order valence-corrected chi connectivity index (χ0v) is 12.8. The second-order valence-electron chi connectivity index (χ2n) is 5.12. The van der Waals surface area contributed by atoms with E-state index in [2.05, 4.69) is 20.8 Å². The Morgan fingerprint density at radius 2 is 1.75 bits per heavy atom. The van der Waals surface area contributed by atoms with Crippen LogP contribution in [0.1, 0.15) is 26.5 Å². The van der Waals surface area contributed by atoms with E-state index >= 15 is 0 Å². The van der Waals surface area contributed by atoms with Gasteiger partial charge in [-0.25, -0.2) is 0 Å². The number of nitrogens with one attached hydrogen (secondary N) is 3. The minimum absolute atomic E-state index is 0.133. The van der Waals surface area contributed by atoms with Crippen LogP contribution in [0.4, 0.5) is 0 Å². The molecular weight excluding hydrogens is 308 g/mol. The Morgan fingerprint density at radius 1 is 1.00 bits per heavy atom. The number of aromatic amines is 1. The topological polar surface area (TPSA) is 104 Å². The van der Waals surface area contributed by atoms with Crippen molar-refractivity contribution in [3.05, 3.63) is 65.6 Å². The SMILES string of the molecule is Cc1[nH]c2ccccc2c1C(=O)C(=O)NNC(=O)c1ccccn1. The average Bonchev–Trinajstić information content (AvgIpc) is 2.95. The summed E-state index contributed by atoms with van der Waals surface area (Å²) in [6.07, 6.45) is 1.46. The van der Waals surface area contributed by atoms with Crippen LogP contribution in [0, 0.1) is 6.92 Å². The van der Waals surface area contributed by atoms with E-state index in [0.29, 0.717) is 11.1 Å². The molecule has 2 heterocycles. The summed E-state index contributed by atoms with van der Waals surface area (Å²) in [5.74, 6) is -2.26. The fraction of sp³-hybridized carbons (Fsp3) is 0.0588. The van der Waals surface area contributed by atoms with Crippen LogP contribution in [-0.4, -0.2) is 27.6 Å². The van der Waals surface area contributed by atoms with Gasteiger partial charge in [-0.1, -0.05) is 24.3 Å². The summed E-state index contributed by atoms with van der Waals surface area (Å²) in [6.45, 7) is 1.72. The molecule has 2 amide bonds. The fourth-order valence-corrected chi connectivity index (χ4v) is 2.41. The van der Waals surface area contributed by atoms with E-state index in [9.17, 15) is 14.4 Å². The number of Topliss-reactive ketones (excluding diaryl/α,β-unsaturated/α-hetero) is 1. The molecule has 0 aliphatic heterocycles. The van der Waals surface area contributed by atoms with Crippen LogP contribution in [0.3, 0.4) is 0 Å². The van der Waals surface area contributed by atoms with Crippen LogP contribution >= 0.6 is 0 Å². The number of hydrogen-bond acceptors (Lipinski definition) is 4. The van der Waals surface area contributed by atoms with Gasteiger partial charge in [-0.3, -0.25) is 30.2 Å². The zero-order chi connectivity index (χ0) is 17.1. The highest BCUT2D eigenvalue weighted by molar-refractivity contribution is 6.45. The van der Waals surface area contributed by atoms with Crippen LogP contribution < -0.4 is 10.9 Å². The number of pyridine rings is 1. The van der Waals surface area contributed by atoms with E-state index in [-0.39, 0.29) is 11.3 Å². The Hall–Kier alpha value is -3.48. The average molecular weight is 322 g/mol. The highest BCUT2D eigenvalue weighted by Crippen LogP contribution is 2.22. The minimum atomic E-state index is -0.924. The lowest BCUT2D eigenvalue weighted by atomic mass is 10.1. The van der Waals surface area contributed by atoms with Gasteiger partial charge < -0.3 is 4.98 Å². The van der Waals surface area contributed by atoms with Crippen molar-refractivity contribution in [1.82, 2.24) is 20.8 Å². The molecule has 0 aliphatic carbocycles. The molecule has 0 unspecified atom stereocenters. The molecule has 0 saturated carbocycles. The molecule has 0 spiro atoms. The second-order valence-corrected chi connectivity index (χ2v) is 5.12. The van der Waals surface area contributed by atoms with Crippen molar-refractivity contribution in [3.8, 4) is 0 Å². The molecule has 7 heteroatoms. The lowest BCUT2D eigenvalue weighted by molar-refractivity contribution is -0.117. The van der Waals surface area contributed by atoms with Gasteiger partial charge in [-0.15, -0.1) is 0 Å². The van der Waals surface area contributed by atoms with Gasteiger partial charge in [0.05, 0.1) is 5.56 Å². The van der Waals surface area contributed by atoms with Crippen LogP contribution in [0.2, 0.25) is 0 Å². The number of aromatic nitrogens is 2. The van der Waals surface area contributed by atoms with E-state index in [0.717, 1.165) is 5.52 Å². The molecule has 24 heavy (non-hydrogen) atoms. The van der Waals surface area contributed by atoms with Crippen molar-refractivity contribution in [2.45, 2.75) is 6.92 Å². The molecule has 1 aromatic carbocycles. The highest BCUT2D eigenvalue weighted by Gasteiger charge is 2.23. The Labute approximate surface area is 137 Å². The maximum absolute atomic E-state index is 12.4. The van der Waals surface area contributed by atoms with E-state index in [1.165, 1.54) is 12.3 Å². The van der Waals surface area contributed by atoms with Gasteiger partial charge in [-0.05, 0) is 25.1 Å². The van der Waals surface area contributed by atoms with Crippen LogP contribution in [0.15, 0.2) is 48.7 Å². The smallest absolute Gasteiger partial charge is 0.310 e. The Morgan fingerprint density at radius 3 is 2.50 bits per heavy atom. The van der Waals surface area contributed by atoms with E-state index in [4.69, 9.17) is 0 Å². The van der Waals surface area contributed by atoms with E-state index in [1.807, 2.05) is 12.1 Å². The van der Waals surface area contributed by atoms with Gasteiger partial charge in [0.1, 0.15) is 5.69 Å². The molecule has 3 rings (SSSR count). The number of carbonyl (C=O) groups excluding carboxylic acids is 3. The van der Waals surface area contributed by atoms with Crippen molar-refractivity contribution in [1.29, 1.82) is 0 Å². The van der Waals surface area contributed by atoms with Crippen molar-refractivity contribution >= 4 is 28.5 Å². The number of hydrogen-bond donors (Lipinski definition) is 3. The summed E-state index contributed by atoms with van der Waals surface area (Å²) in [6, 6.07) is 12.0. The molecule has 2 aromatic heterocycles. The maximum Gasteiger partial charge on any atom is 0.310 e. The molecule has 0 saturated heterocycles. The predicted molar refractivity (Wildman–Crippen MR) is 87.2 cm³/mol. The number of amides is 2. The molecule has 3 N–H and O–H groups in total. The number of fused-ring (bicyclic) bond motifs is 1. The molecule has 0 fully saturated rings. The van der Waals surface area contributed by atoms with E-state index < -0.39 is 17.6 Å². The maximum atomic E-state index is 12.4. The quantitative estimate of drug-likeness (QED) is 0.386. The Balaban J connectivity index is 1.74. The van der Waals surface area contributed by atoms with Crippen molar-refractivity contribution in [3.63, 3.8) is 0 Å². The number of H-pyrrole nitrogens is 1. The number of rotatable bonds is 3. The first kappa shape index (κ1) is 15.4. The largest absolute Gasteiger partial charge is 0.358 e. The van der Waals surface area contributed by atoms with Crippen LogP contribution in [0.5, 0.6) is 0 Å². The molecule has 120 valence electrons. The zero-order valence-electron chi connectivity index (χ0n) is 12.8. The van der Waals surface area contributed by atoms with E-state index in [1.54, 1.807) is 31.2 Å². The number of carbonyl (C=O) groups is 3. The molecule has 0 aliphatic rings. The number of para-hydroxylation sites is 1. The number of ketones is 1. The normalized spacial score (nSPS) is 10.4. The van der Waals surface area contributed by atoms with Gasteiger partial charge in [-0.2, -0.15) is 0 Å². The van der Waals surface area contributed by atoms with Crippen LogP contribution in [0.25, 0.3) is 10.9 Å². The monoisotopic (exact) mass is 322 g/mol. The Kier molecular flexibility index (Phi) is 4.07. The minimum Gasteiger partial charge on any atom is -0.358 e. The number of benzene rings is 1. The molecular formula is C17H14N4O3. The standard InChI is InChI=1S/C17H14N4O3/c1-10-14(11-6-2-3-7-12(11)19-10)15(22)17(24)21-20-16(23)13-8-4-5-9-18-13/h2-9,19H,1H3,(H,20,23)(H,21,24).